The number of carbonyl (C=O) groups excluding carboxylic acids is 1. The summed E-state index contributed by atoms with van der Waals surface area (Å²) in [6, 6.07) is 6.38. The zero-order valence-electron chi connectivity index (χ0n) is 15.8. The Balaban J connectivity index is 2.69. The van der Waals surface area contributed by atoms with Crippen LogP contribution in [-0.2, 0) is 11.3 Å². The van der Waals surface area contributed by atoms with E-state index in [1.807, 2.05) is 40.7 Å². The van der Waals surface area contributed by atoms with E-state index in [0.717, 1.165) is 18.4 Å². The van der Waals surface area contributed by atoms with Crippen molar-refractivity contribution in [1.82, 2.24) is 10.6 Å². The average molecular weight is 356 g/mol. The number of alkyl carbamates (subject to hydrolysis) is 1. The van der Waals surface area contributed by atoms with E-state index in [-0.39, 0.29) is 11.1 Å². The van der Waals surface area contributed by atoms with Gasteiger partial charge in [-0.05, 0) is 45.2 Å². The van der Waals surface area contributed by atoms with Gasteiger partial charge in [-0.25, -0.2) is 13.6 Å². The van der Waals surface area contributed by atoms with Gasteiger partial charge in [0.05, 0.1) is 0 Å². The monoisotopic (exact) mass is 356 g/mol. The molecule has 0 unspecified atom stereocenters. The number of rotatable bonds is 8. The highest BCUT2D eigenvalue weighted by Crippen LogP contribution is 2.21. The van der Waals surface area contributed by atoms with E-state index in [2.05, 4.69) is 10.6 Å². The first kappa shape index (κ1) is 21.4. The molecule has 142 valence electrons. The third-order valence-corrected chi connectivity index (χ3v) is 4.19. The number of nitrogens with one attached hydrogen (secondary N) is 2. The summed E-state index contributed by atoms with van der Waals surface area (Å²) in [7, 11) is 0. The summed E-state index contributed by atoms with van der Waals surface area (Å²) < 4.78 is 30.9. The molecule has 0 aromatic heterocycles. The minimum atomic E-state index is -2.48. The van der Waals surface area contributed by atoms with Crippen LogP contribution >= 0.6 is 0 Å². The maximum absolute atomic E-state index is 12.8. The van der Waals surface area contributed by atoms with Gasteiger partial charge in [-0.3, -0.25) is 0 Å². The standard InChI is InChI=1S/C19H30F2N2O2/c1-6-19(7-2,13-22-17(24)25-18(3,4)5)23-12-14-9-8-10-15(11-14)16(20)21/h8-11,16,23H,6-7,12-13H2,1-5H3,(H,22,24). The molecule has 0 atom stereocenters. The highest BCUT2D eigenvalue weighted by Gasteiger charge is 2.27. The van der Waals surface area contributed by atoms with Crippen molar-refractivity contribution >= 4 is 6.09 Å². The summed E-state index contributed by atoms with van der Waals surface area (Å²) in [5.74, 6) is 0. The SMILES string of the molecule is CCC(CC)(CNC(=O)OC(C)(C)C)NCc1cccc(C(F)F)c1. The normalized spacial score (nSPS) is 12.3. The van der Waals surface area contributed by atoms with Crippen LogP contribution in [-0.4, -0.2) is 23.8 Å². The molecule has 0 fully saturated rings. The summed E-state index contributed by atoms with van der Waals surface area (Å²) in [6.45, 7) is 10.4. The van der Waals surface area contributed by atoms with E-state index in [1.165, 1.54) is 12.1 Å². The smallest absolute Gasteiger partial charge is 0.407 e. The summed E-state index contributed by atoms with van der Waals surface area (Å²) >= 11 is 0. The summed E-state index contributed by atoms with van der Waals surface area (Å²) in [4.78, 5) is 11.9. The lowest BCUT2D eigenvalue weighted by molar-refractivity contribution is 0.0507. The first-order chi connectivity index (χ1) is 11.6. The number of carbonyl (C=O) groups is 1. The predicted octanol–water partition coefficient (Wildman–Crippen LogP) is 4.80. The Morgan fingerprint density at radius 1 is 1.20 bits per heavy atom. The van der Waals surface area contributed by atoms with Crippen LogP contribution in [0.15, 0.2) is 24.3 Å². The second kappa shape index (κ2) is 9.13. The lowest BCUT2D eigenvalue weighted by Crippen LogP contribution is -2.53. The molecule has 1 rings (SSSR count). The zero-order chi connectivity index (χ0) is 19.1. The van der Waals surface area contributed by atoms with Crippen LogP contribution in [0.2, 0.25) is 0 Å². The van der Waals surface area contributed by atoms with Crippen LogP contribution < -0.4 is 10.6 Å². The van der Waals surface area contributed by atoms with Crippen LogP contribution in [0.5, 0.6) is 0 Å². The van der Waals surface area contributed by atoms with Crippen LogP contribution in [0, 0.1) is 0 Å². The van der Waals surface area contributed by atoms with Crippen molar-refractivity contribution in [3.05, 3.63) is 35.4 Å². The van der Waals surface area contributed by atoms with Crippen molar-refractivity contribution < 1.29 is 18.3 Å². The molecule has 0 aliphatic rings. The van der Waals surface area contributed by atoms with E-state index >= 15 is 0 Å². The van der Waals surface area contributed by atoms with Gasteiger partial charge in [0.1, 0.15) is 5.60 Å². The van der Waals surface area contributed by atoms with Crippen LogP contribution in [0.3, 0.4) is 0 Å². The fourth-order valence-electron chi connectivity index (χ4n) is 2.50. The molecule has 0 saturated heterocycles. The number of hydrogen-bond acceptors (Lipinski definition) is 3. The van der Waals surface area contributed by atoms with Gasteiger partial charge < -0.3 is 15.4 Å². The molecular formula is C19H30F2N2O2. The molecule has 0 heterocycles. The van der Waals surface area contributed by atoms with Gasteiger partial charge in [-0.1, -0.05) is 32.0 Å². The van der Waals surface area contributed by atoms with Gasteiger partial charge in [0.15, 0.2) is 0 Å². The maximum atomic E-state index is 12.8. The quantitative estimate of drug-likeness (QED) is 0.704. The Morgan fingerprint density at radius 2 is 1.84 bits per heavy atom. The van der Waals surface area contributed by atoms with E-state index in [9.17, 15) is 13.6 Å². The highest BCUT2D eigenvalue weighted by atomic mass is 19.3. The molecule has 0 saturated carbocycles. The number of alkyl halides is 2. The molecule has 0 spiro atoms. The number of benzene rings is 1. The largest absolute Gasteiger partial charge is 0.444 e. The molecule has 2 N–H and O–H groups in total. The Bertz CT molecular complexity index is 553. The van der Waals surface area contributed by atoms with Gasteiger partial charge in [0.25, 0.3) is 6.43 Å². The summed E-state index contributed by atoms with van der Waals surface area (Å²) in [5, 5.41) is 6.22. The lowest BCUT2D eigenvalue weighted by atomic mass is 9.92. The van der Waals surface area contributed by atoms with Crippen LogP contribution in [0.4, 0.5) is 13.6 Å². The van der Waals surface area contributed by atoms with E-state index in [4.69, 9.17) is 4.74 Å². The lowest BCUT2D eigenvalue weighted by Gasteiger charge is -2.34. The molecule has 4 nitrogen and oxygen atoms in total. The van der Waals surface area contributed by atoms with Crippen molar-refractivity contribution in [3.8, 4) is 0 Å². The van der Waals surface area contributed by atoms with E-state index in [0.29, 0.717) is 13.1 Å². The summed E-state index contributed by atoms with van der Waals surface area (Å²) in [5.41, 5.74) is -0.0578. The average Bonchev–Trinajstić information content (AvgIpc) is 2.54. The Hall–Kier alpha value is -1.69. The molecular weight excluding hydrogens is 326 g/mol. The van der Waals surface area contributed by atoms with Crippen molar-refractivity contribution in [2.75, 3.05) is 6.54 Å². The fourth-order valence-corrected chi connectivity index (χ4v) is 2.50. The van der Waals surface area contributed by atoms with Crippen molar-refractivity contribution in [3.63, 3.8) is 0 Å². The maximum Gasteiger partial charge on any atom is 0.407 e. The minimum absolute atomic E-state index is 0.0183. The second-order valence-electron chi connectivity index (χ2n) is 7.24. The Kier molecular flexibility index (Phi) is 7.80. The third kappa shape index (κ3) is 7.38. The molecule has 1 amide bonds. The predicted molar refractivity (Wildman–Crippen MR) is 95.8 cm³/mol. The number of halogens is 2. The highest BCUT2D eigenvalue weighted by molar-refractivity contribution is 5.67. The molecule has 0 radical (unpaired) electrons. The number of ether oxygens (including phenoxy) is 1. The molecule has 1 aromatic rings. The molecule has 1 aromatic carbocycles. The number of hydrogen-bond donors (Lipinski definition) is 2. The van der Waals surface area contributed by atoms with Gasteiger partial charge in [-0.15, -0.1) is 0 Å². The first-order valence-electron chi connectivity index (χ1n) is 8.69. The molecule has 6 heteroatoms. The summed E-state index contributed by atoms with van der Waals surface area (Å²) in [6.07, 6.45) is -1.36. The Morgan fingerprint density at radius 3 is 2.36 bits per heavy atom. The van der Waals surface area contributed by atoms with E-state index in [1.54, 1.807) is 6.07 Å². The topological polar surface area (TPSA) is 50.4 Å². The number of amides is 1. The molecule has 25 heavy (non-hydrogen) atoms. The van der Waals surface area contributed by atoms with Crippen molar-refractivity contribution in [2.24, 2.45) is 0 Å². The Labute approximate surface area is 149 Å². The molecule has 0 bridgehead atoms. The zero-order valence-corrected chi connectivity index (χ0v) is 15.8. The van der Waals surface area contributed by atoms with E-state index < -0.39 is 18.1 Å². The van der Waals surface area contributed by atoms with Gasteiger partial charge in [0.2, 0.25) is 0 Å². The molecule has 0 aliphatic carbocycles. The second-order valence-corrected chi connectivity index (χ2v) is 7.24. The third-order valence-electron chi connectivity index (χ3n) is 4.19. The van der Waals surface area contributed by atoms with Gasteiger partial charge in [-0.2, -0.15) is 0 Å². The van der Waals surface area contributed by atoms with Gasteiger partial charge in [0, 0.05) is 24.2 Å². The minimum Gasteiger partial charge on any atom is -0.444 e. The van der Waals surface area contributed by atoms with Crippen LogP contribution in [0.25, 0.3) is 0 Å². The van der Waals surface area contributed by atoms with Gasteiger partial charge >= 0.3 is 6.09 Å². The molecule has 0 aliphatic heterocycles. The van der Waals surface area contributed by atoms with Crippen molar-refractivity contribution in [2.45, 2.75) is 71.6 Å². The van der Waals surface area contributed by atoms with Crippen LogP contribution in [0.1, 0.15) is 65.0 Å². The fraction of sp³-hybridized carbons (Fsp3) is 0.632. The first-order valence-corrected chi connectivity index (χ1v) is 8.69. The van der Waals surface area contributed by atoms with Crippen molar-refractivity contribution in [1.29, 1.82) is 0 Å².